The normalized spacial score (nSPS) is 19.8. The number of nitrogens with one attached hydrogen (secondary N) is 1. The molecule has 33 heavy (non-hydrogen) atoms. The molecule has 2 heterocycles. The first-order valence-electron chi connectivity index (χ1n) is 10.4. The number of hydrogen-bond acceptors (Lipinski definition) is 7. The molecule has 1 fully saturated rings. The number of carbonyl (C=O) groups is 2. The van der Waals surface area contributed by atoms with Crippen LogP contribution >= 0.6 is 0 Å². The number of amides is 2. The maximum atomic E-state index is 14.9. The Kier molecular flexibility index (Phi) is 6.50. The zero-order valence-electron chi connectivity index (χ0n) is 17.9. The summed E-state index contributed by atoms with van der Waals surface area (Å²) in [5.41, 5.74) is 1.07. The van der Waals surface area contributed by atoms with Crippen molar-refractivity contribution in [2.45, 2.75) is 25.6 Å². The van der Waals surface area contributed by atoms with E-state index in [0.717, 1.165) is 22.6 Å². The minimum absolute atomic E-state index is 0.0403. The lowest BCUT2D eigenvalue weighted by Crippen LogP contribution is -2.33. The Morgan fingerprint density at radius 2 is 1.91 bits per heavy atom. The average Bonchev–Trinajstić information content (AvgIpc) is 3.39. The Bertz CT molecular complexity index is 1060. The van der Waals surface area contributed by atoms with Gasteiger partial charge >= 0.3 is 6.09 Å². The molecule has 2 N–H and O–H groups in total. The smallest absolute Gasteiger partial charge is 0.414 e. The number of carbonyl (C=O) groups excluding carboxylic acids is 2. The molecule has 174 valence electrons. The summed E-state index contributed by atoms with van der Waals surface area (Å²) in [6, 6.07) is 8.66. The van der Waals surface area contributed by atoms with E-state index in [1.54, 1.807) is 29.3 Å². The molecule has 11 heteroatoms. The molecular formula is C22H23F2N5O4. The third kappa shape index (κ3) is 5.08. The van der Waals surface area contributed by atoms with Gasteiger partial charge in [-0.1, -0.05) is 29.5 Å². The Morgan fingerprint density at radius 1 is 1.21 bits per heavy atom. The zero-order valence-corrected chi connectivity index (χ0v) is 17.9. The fourth-order valence-corrected chi connectivity index (χ4v) is 3.73. The van der Waals surface area contributed by atoms with E-state index in [0.29, 0.717) is 18.7 Å². The first-order chi connectivity index (χ1) is 15.8. The van der Waals surface area contributed by atoms with Crippen molar-refractivity contribution >= 4 is 17.7 Å². The Labute approximate surface area is 188 Å². The number of cyclic esters (lactones) is 1. The van der Waals surface area contributed by atoms with Crippen LogP contribution in [-0.2, 0) is 16.1 Å². The highest BCUT2D eigenvalue weighted by atomic mass is 19.1. The first kappa shape index (κ1) is 22.6. The fourth-order valence-electron chi connectivity index (χ4n) is 3.73. The maximum absolute atomic E-state index is 14.9. The van der Waals surface area contributed by atoms with Crippen molar-refractivity contribution in [1.29, 1.82) is 0 Å². The summed E-state index contributed by atoms with van der Waals surface area (Å²) in [6.45, 7) is 2.42. The summed E-state index contributed by atoms with van der Waals surface area (Å²) in [5.74, 6) is -1.89. The summed E-state index contributed by atoms with van der Waals surface area (Å²) in [7, 11) is 0. The molecule has 0 aromatic heterocycles. The minimum atomic E-state index is -0.810. The van der Waals surface area contributed by atoms with Crippen LogP contribution < -0.4 is 10.2 Å². The minimum Gasteiger partial charge on any atom is -0.442 e. The van der Waals surface area contributed by atoms with Crippen molar-refractivity contribution < 1.29 is 28.2 Å². The Morgan fingerprint density at radius 3 is 2.52 bits per heavy atom. The van der Waals surface area contributed by atoms with Crippen molar-refractivity contribution in [3.05, 3.63) is 53.6 Å². The van der Waals surface area contributed by atoms with Crippen LogP contribution in [0.4, 0.5) is 19.3 Å². The summed E-state index contributed by atoms with van der Waals surface area (Å²) >= 11 is 0. The van der Waals surface area contributed by atoms with Gasteiger partial charge in [0.2, 0.25) is 5.91 Å². The van der Waals surface area contributed by atoms with Gasteiger partial charge in [-0.25, -0.2) is 13.6 Å². The molecule has 2 aliphatic heterocycles. The maximum Gasteiger partial charge on any atom is 0.414 e. The van der Waals surface area contributed by atoms with E-state index in [9.17, 15) is 18.4 Å². The average molecular weight is 459 g/mol. The monoisotopic (exact) mass is 459 g/mol. The lowest BCUT2D eigenvalue weighted by molar-refractivity contribution is -0.119. The van der Waals surface area contributed by atoms with Gasteiger partial charge in [0.15, 0.2) is 0 Å². The zero-order chi connectivity index (χ0) is 23.5. The van der Waals surface area contributed by atoms with Crippen LogP contribution in [0.15, 0.2) is 46.7 Å². The van der Waals surface area contributed by atoms with Gasteiger partial charge in [0.1, 0.15) is 23.8 Å². The molecule has 2 amide bonds. The molecule has 4 rings (SSSR count). The van der Waals surface area contributed by atoms with Crippen LogP contribution in [0.1, 0.15) is 12.5 Å². The molecule has 0 aliphatic carbocycles. The number of anilines is 1. The molecule has 9 nitrogen and oxygen atoms in total. The predicted octanol–water partition coefficient (Wildman–Crippen LogP) is 2.64. The van der Waals surface area contributed by atoms with Crippen LogP contribution in [-0.4, -0.2) is 60.5 Å². The van der Waals surface area contributed by atoms with Crippen LogP contribution in [0.25, 0.3) is 11.1 Å². The van der Waals surface area contributed by atoms with E-state index in [-0.39, 0.29) is 42.9 Å². The van der Waals surface area contributed by atoms with Crippen molar-refractivity contribution in [1.82, 2.24) is 10.3 Å². The standard InChI is InChI=1S/C22H23F2N5O4/c1-13(31)25-8-18-11-29(22(32)33-18)17-6-19(23)21(20(24)7-17)15-4-2-14(3-5-15)9-28-10-16(12-30)26-27-28/h2-7,16,18,30H,8-12H2,1H3,(H,25,31)/t16?,18-/m0/s1. The number of benzene rings is 2. The van der Waals surface area contributed by atoms with Gasteiger partial charge in [0.05, 0.1) is 44.0 Å². The van der Waals surface area contributed by atoms with Crippen molar-refractivity contribution in [2.24, 2.45) is 10.3 Å². The topological polar surface area (TPSA) is 107 Å². The van der Waals surface area contributed by atoms with E-state index in [2.05, 4.69) is 15.7 Å². The second-order valence-electron chi connectivity index (χ2n) is 7.92. The van der Waals surface area contributed by atoms with Gasteiger partial charge < -0.3 is 15.2 Å². The van der Waals surface area contributed by atoms with Crippen LogP contribution in [0, 0.1) is 11.6 Å². The SMILES string of the molecule is CC(=O)NC[C@H]1CN(c2cc(F)c(-c3ccc(CN4CC(CO)N=N4)cc3)c(F)c2)C(=O)O1. The molecule has 0 spiro atoms. The predicted molar refractivity (Wildman–Crippen MR) is 114 cm³/mol. The number of halogens is 2. The van der Waals surface area contributed by atoms with E-state index < -0.39 is 23.8 Å². The van der Waals surface area contributed by atoms with Gasteiger partial charge in [-0.15, -0.1) is 0 Å². The van der Waals surface area contributed by atoms with Crippen LogP contribution in [0.3, 0.4) is 0 Å². The number of aliphatic hydroxyl groups excluding tert-OH is 1. The number of ether oxygens (including phenoxy) is 1. The van der Waals surface area contributed by atoms with Gasteiger partial charge in [0.25, 0.3) is 0 Å². The summed E-state index contributed by atoms with van der Waals surface area (Å²) < 4.78 is 35.0. The lowest BCUT2D eigenvalue weighted by atomic mass is 10.0. The number of hydrogen-bond donors (Lipinski definition) is 2. The molecule has 0 bridgehead atoms. The molecule has 2 aromatic rings. The Balaban J connectivity index is 1.47. The van der Waals surface area contributed by atoms with Gasteiger partial charge in [-0.2, -0.15) is 5.11 Å². The highest BCUT2D eigenvalue weighted by molar-refractivity contribution is 5.90. The van der Waals surface area contributed by atoms with Crippen molar-refractivity contribution in [3.8, 4) is 11.1 Å². The fraction of sp³-hybridized carbons (Fsp3) is 0.364. The van der Waals surface area contributed by atoms with Crippen LogP contribution in [0.2, 0.25) is 0 Å². The summed E-state index contributed by atoms with van der Waals surface area (Å²) in [5, 5.41) is 21.3. The number of nitrogens with zero attached hydrogens (tertiary/aromatic N) is 4. The van der Waals surface area contributed by atoms with Crippen molar-refractivity contribution in [3.63, 3.8) is 0 Å². The molecule has 0 radical (unpaired) electrons. The quantitative estimate of drug-likeness (QED) is 0.662. The molecule has 2 aliphatic rings. The van der Waals surface area contributed by atoms with Gasteiger partial charge in [0, 0.05) is 6.92 Å². The molecule has 0 saturated carbocycles. The first-order valence-corrected chi connectivity index (χ1v) is 10.4. The van der Waals surface area contributed by atoms with Gasteiger partial charge in [-0.05, 0) is 23.3 Å². The molecule has 1 unspecified atom stereocenters. The highest BCUT2D eigenvalue weighted by Gasteiger charge is 2.33. The van der Waals surface area contributed by atoms with E-state index in [4.69, 9.17) is 9.84 Å². The molecule has 2 atom stereocenters. The van der Waals surface area contributed by atoms with Crippen molar-refractivity contribution in [2.75, 3.05) is 31.1 Å². The van der Waals surface area contributed by atoms with Crippen LogP contribution in [0.5, 0.6) is 0 Å². The van der Waals surface area contributed by atoms with E-state index in [1.165, 1.54) is 6.92 Å². The second kappa shape index (κ2) is 9.49. The Hall–Kier alpha value is -3.60. The largest absolute Gasteiger partial charge is 0.442 e. The molecule has 1 saturated heterocycles. The van der Waals surface area contributed by atoms with Gasteiger partial charge in [-0.3, -0.25) is 14.7 Å². The summed E-state index contributed by atoms with van der Waals surface area (Å²) in [6.07, 6.45) is -1.34. The molecular weight excluding hydrogens is 436 g/mol. The highest BCUT2D eigenvalue weighted by Crippen LogP contribution is 2.32. The third-order valence-corrected chi connectivity index (χ3v) is 5.37. The number of rotatable bonds is 7. The van der Waals surface area contributed by atoms with E-state index >= 15 is 0 Å². The lowest BCUT2D eigenvalue weighted by Gasteiger charge is -2.16. The van der Waals surface area contributed by atoms with E-state index in [1.807, 2.05) is 0 Å². The summed E-state index contributed by atoms with van der Waals surface area (Å²) in [4.78, 5) is 24.3. The second-order valence-corrected chi connectivity index (χ2v) is 7.92. The number of aliphatic hydroxyl groups is 1. The third-order valence-electron chi connectivity index (χ3n) is 5.37. The molecule has 2 aromatic carbocycles.